The average molecular weight is 347 g/mol. The molecular weight excluding hydrogens is 328 g/mol. The van der Waals surface area contributed by atoms with Crippen molar-refractivity contribution in [2.75, 3.05) is 6.61 Å². The molecule has 0 radical (unpaired) electrons. The van der Waals surface area contributed by atoms with Gasteiger partial charge in [-0.3, -0.25) is 0 Å². The summed E-state index contributed by atoms with van der Waals surface area (Å²) in [5, 5.41) is 0. The third-order valence-corrected chi connectivity index (χ3v) is 4.47. The summed E-state index contributed by atoms with van der Waals surface area (Å²) in [6.45, 7) is 2.99. The number of carbonyl (C=O) groups excluding carboxylic acids is 1. The third kappa shape index (κ3) is 3.48. The van der Waals surface area contributed by atoms with Gasteiger partial charge in [-0.15, -0.1) is 0 Å². The number of hydrogen-bond donors (Lipinski definition) is 0. The number of pyridine rings is 1. The van der Waals surface area contributed by atoms with Crippen molar-refractivity contribution >= 4 is 5.97 Å². The maximum absolute atomic E-state index is 13.8. The van der Waals surface area contributed by atoms with Crippen LogP contribution < -0.4 is 4.74 Å². The minimum atomic E-state index is -2.74. The molecule has 0 aliphatic heterocycles. The number of rotatable bonds is 6. The highest BCUT2D eigenvalue weighted by Gasteiger charge is 2.59. The Morgan fingerprint density at radius 3 is 2.36 bits per heavy atom. The first-order valence-electron chi connectivity index (χ1n) is 8.15. The van der Waals surface area contributed by atoms with Crippen molar-refractivity contribution in [2.24, 2.45) is 0 Å². The average Bonchev–Trinajstić information content (AvgIpc) is 3.38. The molecule has 3 rings (SSSR count). The quantitative estimate of drug-likeness (QED) is 0.708. The van der Waals surface area contributed by atoms with Gasteiger partial charge < -0.3 is 9.47 Å². The monoisotopic (exact) mass is 347 g/mol. The Balaban J connectivity index is 1.69. The maximum atomic E-state index is 13.8. The lowest BCUT2D eigenvalue weighted by atomic mass is 9.90. The minimum Gasteiger partial charge on any atom is -0.462 e. The summed E-state index contributed by atoms with van der Waals surface area (Å²) in [6, 6.07) is 9.78. The van der Waals surface area contributed by atoms with Gasteiger partial charge >= 0.3 is 5.97 Å². The first-order valence-corrected chi connectivity index (χ1v) is 8.15. The Labute approximate surface area is 144 Å². The highest BCUT2D eigenvalue weighted by atomic mass is 19.3. The SMILES string of the molecule is CCOC(=O)c1ccc(Oc2ccc(C3(C(C)(F)F)CC3)cc2)nc1. The van der Waals surface area contributed by atoms with Gasteiger partial charge in [0.2, 0.25) is 5.88 Å². The topological polar surface area (TPSA) is 48.4 Å². The van der Waals surface area contributed by atoms with Crippen LogP contribution in [0.4, 0.5) is 8.78 Å². The van der Waals surface area contributed by atoms with Gasteiger partial charge in [-0.2, -0.15) is 0 Å². The number of hydrogen-bond acceptors (Lipinski definition) is 4. The van der Waals surface area contributed by atoms with E-state index in [1.165, 1.54) is 6.20 Å². The van der Waals surface area contributed by atoms with Crippen molar-refractivity contribution in [3.63, 3.8) is 0 Å². The van der Waals surface area contributed by atoms with Crippen LogP contribution in [0.15, 0.2) is 42.6 Å². The largest absolute Gasteiger partial charge is 0.462 e. The fourth-order valence-corrected chi connectivity index (χ4v) is 2.84. The van der Waals surface area contributed by atoms with E-state index in [1.54, 1.807) is 43.3 Å². The first kappa shape index (κ1) is 17.3. The number of benzene rings is 1. The Bertz CT molecular complexity index is 748. The number of carbonyl (C=O) groups is 1. The fraction of sp³-hybridized carbons (Fsp3) is 0.368. The zero-order valence-corrected chi connectivity index (χ0v) is 14.1. The van der Waals surface area contributed by atoms with Crippen LogP contribution in [0.1, 0.15) is 42.6 Å². The van der Waals surface area contributed by atoms with E-state index < -0.39 is 17.3 Å². The van der Waals surface area contributed by atoms with Crippen LogP contribution in [0, 0.1) is 0 Å². The molecule has 6 heteroatoms. The Morgan fingerprint density at radius 1 is 1.20 bits per heavy atom. The molecule has 1 heterocycles. The molecule has 1 aromatic heterocycles. The highest BCUT2D eigenvalue weighted by Crippen LogP contribution is 2.58. The normalized spacial score (nSPS) is 15.5. The van der Waals surface area contributed by atoms with Crippen molar-refractivity contribution in [1.82, 2.24) is 4.98 Å². The van der Waals surface area contributed by atoms with E-state index in [4.69, 9.17) is 9.47 Å². The molecule has 1 fully saturated rings. The number of nitrogens with zero attached hydrogens (tertiary/aromatic N) is 1. The van der Waals surface area contributed by atoms with Crippen LogP contribution in [0.2, 0.25) is 0 Å². The molecule has 0 N–H and O–H groups in total. The molecule has 2 aromatic rings. The third-order valence-electron chi connectivity index (χ3n) is 4.47. The minimum absolute atomic E-state index is 0.293. The molecule has 4 nitrogen and oxygen atoms in total. The van der Waals surface area contributed by atoms with Gasteiger partial charge in [0.25, 0.3) is 5.92 Å². The number of esters is 1. The van der Waals surface area contributed by atoms with Crippen LogP contribution in [0.25, 0.3) is 0 Å². The van der Waals surface area contributed by atoms with Gasteiger partial charge in [-0.25, -0.2) is 18.6 Å². The van der Waals surface area contributed by atoms with E-state index in [0.717, 1.165) is 6.92 Å². The molecule has 132 valence electrons. The molecule has 1 aliphatic rings. The summed E-state index contributed by atoms with van der Waals surface area (Å²) in [6.07, 6.45) is 2.36. The lowest BCUT2D eigenvalue weighted by molar-refractivity contribution is -0.0200. The lowest BCUT2D eigenvalue weighted by Crippen LogP contribution is -2.29. The van der Waals surface area contributed by atoms with Gasteiger partial charge in [-0.05, 0) is 43.5 Å². The summed E-state index contributed by atoms with van der Waals surface area (Å²) < 4.78 is 38.0. The zero-order valence-electron chi connectivity index (χ0n) is 14.1. The van der Waals surface area contributed by atoms with Crippen molar-refractivity contribution < 1.29 is 23.0 Å². The molecule has 1 aliphatic carbocycles. The summed E-state index contributed by atoms with van der Waals surface area (Å²) >= 11 is 0. The number of halogens is 2. The predicted molar refractivity (Wildman–Crippen MR) is 88.2 cm³/mol. The summed E-state index contributed by atoms with van der Waals surface area (Å²) in [5.74, 6) is -2.38. The number of alkyl halides is 2. The molecule has 0 saturated heterocycles. The van der Waals surface area contributed by atoms with Crippen molar-refractivity contribution in [3.05, 3.63) is 53.7 Å². The second-order valence-electron chi connectivity index (χ2n) is 6.20. The van der Waals surface area contributed by atoms with Gasteiger partial charge in [0, 0.05) is 19.2 Å². The Morgan fingerprint density at radius 2 is 1.88 bits per heavy atom. The van der Waals surface area contributed by atoms with E-state index in [-0.39, 0.29) is 0 Å². The van der Waals surface area contributed by atoms with Crippen molar-refractivity contribution in [1.29, 1.82) is 0 Å². The molecule has 0 bridgehead atoms. The molecule has 0 unspecified atom stereocenters. The predicted octanol–water partition coefficient (Wildman–Crippen LogP) is 4.74. The van der Waals surface area contributed by atoms with Crippen LogP contribution in [-0.4, -0.2) is 23.5 Å². The van der Waals surface area contributed by atoms with E-state index in [0.29, 0.717) is 42.2 Å². The van der Waals surface area contributed by atoms with Crippen LogP contribution in [0.5, 0.6) is 11.6 Å². The molecule has 1 saturated carbocycles. The van der Waals surface area contributed by atoms with Crippen molar-refractivity contribution in [3.8, 4) is 11.6 Å². The van der Waals surface area contributed by atoms with E-state index in [2.05, 4.69) is 4.98 Å². The van der Waals surface area contributed by atoms with Crippen LogP contribution in [0.3, 0.4) is 0 Å². The molecule has 1 aromatic carbocycles. The van der Waals surface area contributed by atoms with E-state index in [1.807, 2.05) is 0 Å². The second kappa shape index (κ2) is 6.43. The standard InChI is InChI=1S/C19H19F2NO3/c1-3-24-17(23)13-4-9-16(22-12-13)25-15-7-5-14(6-8-15)19(10-11-19)18(2,20)21/h4-9,12H,3,10-11H2,1-2H3. The molecule has 0 spiro atoms. The van der Waals surface area contributed by atoms with Crippen LogP contribution in [-0.2, 0) is 10.2 Å². The summed E-state index contributed by atoms with van der Waals surface area (Å²) in [4.78, 5) is 15.6. The van der Waals surface area contributed by atoms with Gasteiger partial charge in [0.15, 0.2) is 0 Å². The van der Waals surface area contributed by atoms with E-state index in [9.17, 15) is 13.6 Å². The lowest BCUT2D eigenvalue weighted by Gasteiger charge is -2.23. The van der Waals surface area contributed by atoms with Gasteiger partial charge in [0.1, 0.15) is 5.75 Å². The highest BCUT2D eigenvalue weighted by molar-refractivity contribution is 5.89. The van der Waals surface area contributed by atoms with Gasteiger partial charge in [0.05, 0.1) is 17.6 Å². The summed E-state index contributed by atoms with van der Waals surface area (Å²) in [7, 11) is 0. The molecule has 25 heavy (non-hydrogen) atoms. The molecule has 0 atom stereocenters. The first-order chi connectivity index (χ1) is 11.9. The fourth-order valence-electron chi connectivity index (χ4n) is 2.84. The smallest absolute Gasteiger partial charge is 0.339 e. The van der Waals surface area contributed by atoms with Crippen molar-refractivity contribution in [2.45, 2.75) is 38.0 Å². The zero-order chi connectivity index (χ0) is 18.1. The second-order valence-corrected chi connectivity index (χ2v) is 6.20. The maximum Gasteiger partial charge on any atom is 0.339 e. The van der Waals surface area contributed by atoms with Crippen LogP contribution >= 0.6 is 0 Å². The molecule has 0 amide bonds. The molecular formula is C19H19F2NO3. The Hall–Kier alpha value is -2.50. The number of aromatic nitrogens is 1. The van der Waals surface area contributed by atoms with Gasteiger partial charge in [-0.1, -0.05) is 12.1 Å². The van der Waals surface area contributed by atoms with E-state index >= 15 is 0 Å². The number of ether oxygens (including phenoxy) is 2. The summed E-state index contributed by atoms with van der Waals surface area (Å²) in [5.41, 5.74) is -0.0752. The Kier molecular flexibility index (Phi) is 4.45.